The van der Waals surface area contributed by atoms with Gasteiger partial charge in [-0.2, -0.15) is 0 Å². The van der Waals surface area contributed by atoms with E-state index in [1.54, 1.807) is 47.5 Å². The number of carbonyl (C=O) groups excluding carboxylic acids is 5. The Kier molecular flexibility index (Phi) is 20.1. The predicted molar refractivity (Wildman–Crippen MR) is 280 cm³/mol. The van der Waals surface area contributed by atoms with Crippen LogP contribution in [0.15, 0.2) is 69.7 Å². The average molecular weight is 1040 g/mol. The van der Waals surface area contributed by atoms with Gasteiger partial charge in [0.05, 0.1) is 117 Å². The molecule has 3 aromatic rings. The van der Waals surface area contributed by atoms with Crippen LogP contribution in [-0.2, 0) is 53.1 Å². The van der Waals surface area contributed by atoms with Gasteiger partial charge in [0.2, 0.25) is 11.8 Å². The Morgan fingerprint density at radius 2 is 1.27 bits per heavy atom. The SMILES string of the molecule is CC=C1C[C@H]2C=Nc3cc(OCc4cc(C(C)(C)SCC(=O)NCCOCCOCCOCCOCCC(=O)NC)cc(COc5cc6c(cc5CO)C(=O)N5CC(=CC)C[C@H]5C=N6)n4)c(C=O)cc3C(=O)N2C1. The van der Waals surface area contributed by atoms with Gasteiger partial charge < -0.3 is 54.0 Å². The number of ether oxygens (including phenoxy) is 6. The minimum absolute atomic E-state index is 0.0382. The van der Waals surface area contributed by atoms with Crippen molar-refractivity contribution in [1.82, 2.24) is 25.4 Å². The van der Waals surface area contributed by atoms with E-state index in [1.807, 2.05) is 52.0 Å². The third-order valence-corrected chi connectivity index (χ3v) is 14.4. The zero-order chi connectivity index (χ0) is 52.6. The van der Waals surface area contributed by atoms with Crippen molar-refractivity contribution in [3.05, 3.63) is 98.9 Å². The lowest BCUT2D eigenvalue weighted by Gasteiger charge is -2.26. The molecule has 0 saturated carbocycles. The molecule has 0 unspecified atom stereocenters. The van der Waals surface area contributed by atoms with Crippen LogP contribution in [0.2, 0.25) is 0 Å². The van der Waals surface area contributed by atoms with Crippen molar-refractivity contribution in [3.8, 4) is 11.5 Å². The first-order valence-corrected chi connectivity index (χ1v) is 25.9. The number of aliphatic hydroxyl groups excluding tert-OH is 1. The van der Waals surface area contributed by atoms with Gasteiger partial charge in [-0.15, -0.1) is 11.8 Å². The summed E-state index contributed by atoms with van der Waals surface area (Å²) in [5.74, 6) is 0.120. The lowest BCUT2D eigenvalue weighted by Crippen LogP contribution is -2.35. The fourth-order valence-corrected chi connectivity index (χ4v) is 9.58. The van der Waals surface area contributed by atoms with Crippen molar-refractivity contribution in [2.24, 2.45) is 9.98 Å². The number of aliphatic hydroxyl groups is 1. The van der Waals surface area contributed by atoms with Crippen molar-refractivity contribution < 1.29 is 57.5 Å². The number of rotatable bonds is 27. The maximum absolute atomic E-state index is 13.7. The number of benzene rings is 2. The minimum atomic E-state index is -0.635. The molecular weight excluding hydrogens is 971 g/mol. The lowest BCUT2D eigenvalue weighted by molar-refractivity contribution is -0.122. The molecule has 2 fully saturated rings. The van der Waals surface area contributed by atoms with Crippen LogP contribution in [0.25, 0.3) is 0 Å². The number of nitrogens with one attached hydrogen (secondary N) is 2. The number of nitrogens with zero attached hydrogens (tertiary/aromatic N) is 5. The van der Waals surface area contributed by atoms with E-state index in [1.165, 1.54) is 17.8 Å². The predicted octanol–water partition coefficient (Wildman–Crippen LogP) is 5.58. The number of pyridine rings is 1. The number of hydrogen-bond donors (Lipinski definition) is 3. The molecule has 4 amide bonds. The molecule has 2 saturated heterocycles. The summed E-state index contributed by atoms with van der Waals surface area (Å²) in [6, 6.07) is 9.89. The van der Waals surface area contributed by atoms with Crippen LogP contribution < -0.4 is 20.1 Å². The zero-order valence-electron chi connectivity index (χ0n) is 42.8. The molecule has 0 bridgehead atoms. The van der Waals surface area contributed by atoms with E-state index >= 15 is 0 Å². The van der Waals surface area contributed by atoms with Crippen molar-refractivity contribution >= 4 is 65.5 Å². The molecule has 0 aliphatic carbocycles. The van der Waals surface area contributed by atoms with Gasteiger partial charge in [-0.05, 0) is 70.4 Å². The number of amides is 4. The molecule has 396 valence electrons. The second-order valence-corrected chi connectivity index (χ2v) is 20.1. The van der Waals surface area contributed by atoms with E-state index in [2.05, 4.69) is 15.6 Å². The highest BCUT2D eigenvalue weighted by Gasteiger charge is 2.36. The van der Waals surface area contributed by atoms with Crippen LogP contribution in [0.4, 0.5) is 11.4 Å². The monoisotopic (exact) mass is 1040 g/mol. The first-order valence-electron chi connectivity index (χ1n) is 24.9. The largest absolute Gasteiger partial charge is 0.487 e. The van der Waals surface area contributed by atoms with E-state index in [0.29, 0.717) is 143 Å². The quantitative estimate of drug-likeness (QED) is 0.0481. The molecule has 20 heteroatoms. The van der Waals surface area contributed by atoms with Gasteiger partial charge in [0.1, 0.15) is 24.7 Å². The van der Waals surface area contributed by atoms with Crippen LogP contribution in [0.3, 0.4) is 0 Å². The smallest absolute Gasteiger partial charge is 0.256 e. The number of thioether (sulfide) groups is 1. The molecule has 74 heavy (non-hydrogen) atoms. The molecule has 0 spiro atoms. The minimum Gasteiger partial charge on any atom is -0.487 e. The number of hydrogen-bond acceptors (Lipinski definition) is 16. The Morgan fingerprint density at radius 3 is 1.81 bits per heavy atom. The number of fused-ring (bicyclic) bond motifs is 4. The average Bonchev–Trinajstić information content (AvgIpc) is 3.98. The van der Waals surface area contributed by atoms with Crippen molar-refractivity contribution in [2.75, 3.05) is 85.3 Å². The Morgan fingerprint density at radius 1 is 0.743 bits per heavy atom. The topological polar surface area (TPSA) is 229 Å². The van der Waals surface area contributed by atoms with Gasteiger partial charge in [0.15, 0.2) is 6.29 Å². The Labute approximate surface area is 436 Å². The molecule has 2 aromatic carbocycles. The van der Waals surface area contributed by atoms with Gasteiger partial charge in [0.25, 0.3) is 11.8 Å². The molecule has 1 aromatic heterocycles. The summed E-state index contributed by atoms with van der Waals surface area (Å²) in [7, 11) is 1.58. The Bertz CT molecular complexity index is 2650. The van der Waals surface area contributed by atoms with Gasteiger partial charge >= 0.3 is 0 Å². The number of aldehydes is 1. The summed E-state index contributed by atoms with van der Waals surface area (Å²) in [6.07, 6.45) is 9.98. The maximum Gasteiger partial charge on any atom is 0.256 e. The molecule has 2 atom stereocenters. The third-order valence-electron chi connectivity index (χ3n) is 13.0. The normalized spacial score (nSPS) is 18.0. The van der Waals surface area contributed by atoms with Crippen LogP contribution in [-0.4, -0.2) is 160 Å². The highest BCUT2D eigenvalue weighted by molar-refractivity contribution is 8.00. The van der Waals surface area contributed by atoms with E-state index in [4.69, 9.17) is 38.4 Å². The first-order chi connectivity index (χ1) is 35.8. The van der Waals surface area contributed by atoms with Gasteiger partial charge in [-0.3, -0.25) is 38.9 Å². The first kappa shape index (κ1) is 55.5. The maximum atomic E-state index is 13.7. The highest BCUT2D eigenvalue weighted by atomic mass is 32.2. The highest BCUT2D eigenvalue weighted by Crippen LogP contribution is 2.39. The Hall–Kier alpha value is -6.29. The van der Waals surface area contributed by atoms with Crippen molar-refractivity contribution in [2.45, 2.75) is 83.6 Å². The number of carbonyl (C=O) groups is 5. The lowest BCUT2D eigenvalue weighted by atomic mass is 10.0. The second kappa shape index (κ2) is 26.8. The van der Waals surface area contributed by atoms with E-state index in [-0.39, 0.29) is 72.6 Å². The van der Waals surface area contributed by atoms with Gasteiger partial charge in [-0.25, -0.2) is 0 Å². The van der Waals surface area contributed by atoms with Gasteiger partial charge in [0, 0.05) is 68.0 Å². The van der Waals surface area contributed by atoms with Crippen LogP contribution in [0.1, 0.15) is 101 Å². The van der Waals surface area contributed by atoms with Crippen molar-refractivity contribution in [3.63, 3.8) is 0 Å². The molecule has 0 radical (unpaired) electrons. The molecular formula is C54H67N7O12S. The summed E-state index contributed by atoms with van der Waals surface area (Å²) < 4.78 is 34.0. The van der Waals surface area contributed by atoms with Crippen LogP contribution >= 0.6 is 11.8 Å². The van der Waals surface area contributed by atoms with E-state index in [9.17, 15) is 29.1 Å². The Balaban J connectivity index is 0.983. The van der Waals surface area contributed by atoms with E-state index in [0.717, 1.165) is 16.7 Å². The summed E-state index contributed by atoms with van der Waals surface area (Å²) in [6.45, 7) is 11.7. The summed E-state index contributed by atoms with van der Waals surface area (Å²) >= 11 is 1.43. The molecule has 19 nitrogen and oxygen atoms in total. The van der Waals surface area contributed by atoms with Crippen molar-refractivity contribution in [1.29, 1.82) is 0 Å². The fraction of sp³-hybridized carbons (Fsp3) is 0.481. The zero-order valence-corrected chi connectivity index (χ0v) is 43.6. The number of aromatic nitrogens is 1. The number of aliphatic imine (C=N–C) groups is 2. The van der Waals surface area contributed by atoms with Gasteiger partial charge in [-0.1, -0.05) is 23.3 Å². The standard InChI is InChI=1S/C54H67N7O12S/c1-6-35-18-42-26-57-46-24-48(37(30-62)20-44(46)52(66)60(42)28-35)72-32-40-22-39(54(3,4)74-34-51(65)56-9-11-69-13-15-71-17-16-70-14-12-68-10-8-50(64)55-5)23-41(59-40)33-73-49-25-47-45(21-38(49)31-63)53(67)61-29-36(7-2)19-43(61)27-58-47/h6-7,20-27,30,42-43,63H,8-19,28-29,31-34H2,1-5H3,(H,55,64)(H,56,65)/t42-,43-/m0/s1. The molecule has 4 aliphatic heterocycles. The third kappa shape index (κ3) is 14.5. The molecule has 4 aliphatic rings. The molecule has 5 heterocycles. The summed E-state index contributed by atoms with van der Waals surface area (Å²) in [4.78, 5) is 82.0. The number of allylic oxidation sites excluding steroid dienone is 2. The van der Waals surface area contributed by atoms with Crippen LogP contribution in [0.5, 0.6) is 11.5 Å². The summed E-state index contributed by atoms with van der Waals surface area (Å²) in [5.41, 5.74) is 6.31. The van der Waals surface area contributed by atoms with E-state index < -0.39 is 4.75 Å². The molecule has 7 rings (SSSR count). The van der Waals surface area contributed by atoms with Crippen LogP contribution in [0, 0.1) is 0 Å². The fourth-order valence-electron chi connectivity index (χ4n) is 8.70. The second-order valence-electron chi connectivity index (χ2n) is 18.5. The summed E-state index contributed by atoms with van der Waals surface area (Å²) in [5, 5.41) is 16.0. The molecule has 3 N–H and O–H groups in total.